The third-order valence-corrected chi connectivity index (χ3v) is 3.66. The molecule has 1 heterocycles. The second-order valence-electron chi connectivity index (χ2n) is 5.03. The minimum atomic E-state index is -0.631. The number of aliphatic carboxylic acids is 1. The van der Waals surface area contributed by atoms with E-state index in [1.807, 2.05) is 0 Å². The van der Waals surface area contributed by atoms with E-state index in [-0.39, 0.29) is 5.92 Å². The third-order valence-electron chi connectivity index (χ3n) is 3.66. The first-order valence-corrected chi connectivity index (χ1v) is 4.97. The third kappa shape index (κ3) is 1.35. The lowest BCUT2D eigenvalue weighted by atomic mass is 9.65. The van der Waals surface area contributed by atoms with Crippen LogP contribution in [0.15, 0.2) is 0 Å². The standard InChI is InChI=1S/C10H17NO2/c1-10(2)4-3-8(10)11-5-7(6-11)9(12)13/h7-8H,3-6H2,1-2H3,(H,12,13). The second-order valence-corrected chi connectivity index (χ2v) is 5.03. The van der Waals surface area contributed by atoms with E-state index in [0.29, 0.717) is 11.5 Å². The van der Waals surface area contributed by atoms with Crippen molar-refractivity contribution in [1.82, 2.24) is 4.90 Å². The van der Waals surface area contributed by atoms with Crippen LogP contribution in [0.5, 0.6) is 0 Å². The van der Waals surface area contributed by atoms with Crippen LogP contribution in [-0.2, 0) is 4.79 Å². The average molecular weight is 183 g/mol. The summed E-state index contributed by atoms with van der Waals surface area (Å²) in [6.45, 7) is 6.08. The summed E-state index contributed by atoms with van der Waals surface area (Å²) >= 11 is 0. The van der Waals surface area contributed by atoms with Gasteiger partial charge in [-0.05, 0) is 18.3 Å². The second kappa shape index (κ2) is 2.71. The smallest absolute Gasteiger partial charge is 0.309 e. The van der Waals surface area contributed by atoms with Gasteiger partial charge in [-0.2, -0.15) is 0 Å². The Labute approximate surface area is 78.7 Å². The molecule has 2 aliphatic rings. The van der Waals surface area contributed by atoms with Gasteiger partial charge in [0.05, 0.1) is 5.92 Å². The van der Waals surface area contributed by atoms with Crippen LogP contribution in [0, 0.1) is 11.3 Å². The first-order chi connectivity index (χ1) is 6.00. The van der Waals surface area contributed by atoms with Crippen molar-refractivity contribution in [2.45, 2.75) is 32.7 Å². The Balaban J connectivity index is 1.84. The van der Waals surface area contributed by atoms with Gasteiger partial charge in [0.15, 0.2) is 0 Å². The van der Waals surface area contributed by atoms with Crippen molar-refractivity contribution >= 4 is 5.97 Å². The quantitative estimate of drug-likeness (QED) is 0.699. The van der Waals surface area contributed by atoms with E-state index in [4.69, 9.17) is 5.11 Å². The molecular formula is C10H17NO2. The van der Waals surface area contributed by atoms with E-state index in [1.165, 1.54) is 12.8 Å². The molecule has 1 atom stereocenters. The molecule has 0 radical (unpaired) electrons. The average Bonchev–Trinajstić information content (AvgIpc) is 1.92. The largest absolute Gasteiger partial charge is 0.481 e. The highest BCUT2D eigenvalue weighted by atomic mass is 16.4. The van der Waals surface area contributed by atoms with Crippen LogP contribution >= 0.6 is 0 Å². The number of nitrogens with zero attached hydrogens (tertiary/aromatic N) is 1. The molecular weight excluding hydrogens is 166 g/mol. The molecule has 1 saturated heterocycles. The van der Waals surface area contributed by atoms with Gasteiger partial charge in [-0.3, -0.25) is 9.69 Å². The Kier molecular flexibility index (Phi) is 1.88. The zero-order valence-corrected chi connectivity index (χ0v) is 8.29. The Morgan fingerprint density at radius 2 is 2.08 bits per heavy atom. The number of hydrogen-bond acceptors (Lipinski definition) is 2. The Bertz CT molecular complexity index is 231. The van der Waals surface area contributed by atoms with E-state index in [9.17, 15) is 4.79 Å². The van der Waals surface area contributed by atoms with Crippen molar-refractivity contribution in [3.63, 3.8) is 0 Å². The topological polar surface area (TPSA) is 40.5 Å². The van der Waals surface area contributed by atoms with Crippen LogP contribution in [0.2, 0.25) is 0 Å². The summed E-state index contributed by atoms with van der Waals surface area (Å²) in [6, 6.07) is 0.642. The lowest BCUT2D eigenvalue weighted by Gasteiger charge is -2.55. The maximum Gasteiger partial charge on any atom is 0.309 e. The van der Waals surface area contributed by atoms with Crippen LogP contribution in [0.3, 0.4) is 0 Å². The molecule has 2 rings (SSSR count). The molecule has 1 aliphatic carbocycles. The lowest BCUT2D eigenvalue weighted by Crippen LogP contribution is -2.62. The predicted octanol–water partition coefficient (Wildman–Crippen LogP) is 1.19. The van der Waals surface area contributed by atoms with Gasteiger partial charge in [-0.1, -0.05) is 13.8 Å². The fraction of sp³-hybridized carbons (Fsp3) is 0.900. The van der Waals surface area contributed by atoms with Gasteiger partial charge in [-0.25, -0.2) is 0 Å². The number of carboxylic acids is 1. The molecule has 2 fully saturated rings. The fourth-order valence-corrected chi connectivity index (χ4v) is 2.45. The van der Waals surface area contributed by atoms with Crippen LogP contribution in [0.25, 0.3) is 0 Å². The fourth-order valence-electron chi connectivity index (χ4n) is 2.45. The van der Waals surface area contributed by atoms with Gasteiger partial charge in [0, 0.05) is 19.1 Å². The Hall–Kier alpha value is -0.570. The highest BCUT2D eigenvalue weighted by Gasteiger charge is 2.47. The van der Waals surface area contributed by atoms with Gasteiger partial charge in [0.1, 0.15) is 0 Å². The van der Waals surface area contributed by atoms with Gasteiger partial charge >= 0.3 is 5.97 Å². The summed E-state index contributed by atoms with van der Waals surface area (Å²) in [7, 11) is 0. The van der Waals surface area contributed by atoms with Gasteiger partial charge in [0.2, 0.25) is 0 Å². The van der Waals surface area contributed by atoms with E-state index in [2.05, 4.69) is 18.7 Å². The summed E-state index contributed by atoms with van der Waals surface area (Å²) in [4.78, 5) is 12.9. The van der Waals surface area contributed by atoms with Crippen LogP contribution in [0.1, 0.15) is 26.7 Å². The molecule has 3 nitrogen and oxygen atoms in total. The predicted molar refractivity (Wildman–Crippen MR) is 49.5 cm³/mol. The molecule has 0 aromatic rings. The molecule has 1 aliphatic heterocycles. The van der Waals surface area contributed by atoms with Crippen molar-refractivity contribution in [1.29, 1.82) is 0 Å². The summed E-state index contributed by atoms with van der Waals surface area (Å²) < 4.78 is 0. The Morgan fingerprint density at radius 3 is 2.38 bits per heavy atom. The molecule has 0 aromatic carbocycles. The SMILES string of the molecule is CC1(C)CCC1N1CC(C(=O)O)C1. The lowest BCUT2D eigenvalue weighted by molar-refractivity contribution is -0.153. The molecule has 3 heteroatoms. The van der Waals surface area contributed by atoms with Crippen molar-refractivity contribution in [3.05, 3.63) is 0 Å². The molecule has 0 spiro atoms. The molecule has 74 valence electrons. The zero-order chi connectivity index (χ0) is 9.64. The minimum Gasteiger partial charge on any atom is -0.481 e. The van der Waals surface area contributed by atoms with E-state index in [0.717, 1.165) is 13.1 Å². The van der Waals surface area contributed by atoms with E-state index < -0.39 is 5.97 Å². The van der Waals surface area contributed by atoms with Gasteiger partial charge in [0.25, 0.3) is 0 Å². The number of carboxylic acid groups (broad SMARTS) is 1. The number of rotatable bonds is 2. The highest BCUT2D eigenvalue weighted by Crippen LogP contribution is 2.45. The van der Waals surface area contributed by atoms with Crippen LogP contribution < -0.4 is 0 Å². The van der Waals surface area contributed by atoms with Crippen molar-refractivity contribution in [3.8, 4) is 0 Å². The maximum absolute atomic E-state index is 10.6. The first kappa shape index (κ1) is 9.00. The molecule has 0 aromatic heterocycles. The zero-order valence-electron chi connectivity index (χ0n) is 8.29. The van der Waals surface area contributed by atoms with Crippen LogP contribution in [0.4, 0.5) is 0 Å². The van der Waals surface area contributed by atoms with Crippen molar-refractivity contribution < 1.29 is 9.90 Å². The van der Waals surface area contributed by atoms with Crippen molar-refractivity contribution in [2.75, 3.05) is 13.1 Å². The molecule has 1 N–H and O–H groups in total. The van der Waals surface area contributed by atoms with Crippen LogP contribution in [-0.4, -0.2) is 35.1 Å². The van der Waals surface area contributed by atoms with E-state index >= 15 is 0 Å². The van der Waals surface area contributed by atoms with Crippen molar-refractivity contribution in [2.24, 2.45) is 11.3 Å². The summed E-state index contributed by atoms with van der Waals surface area (Å²) in [5, 5.41) is 8.73. The number of hydrogen-bond donors (Lipinski definition) is 1. The Morgan fingerprint density at radius 1 is 1.46 bits per heavy atom. The summed E-state index contributed by atoms with van der Waals surface area (Å²) in [5.74, 6) is -0.732. The minimum absolute atomic E-state index is 0.101. The molecule has 0 amide bonds. The number of likely N-dealkylation sites (tertiary alicyclic amines) is 1. The first-order valence-electron chi connectivity index (χ1n) is 4.97. The molecule has 13 heavy (non-hydrogen) atoms. The van der Waals surface area contributed by atoms with Gasteiger partial charge in [-0.15, -0.1) is 0 Å². The normalized spacial score (nSPS) is 33.5. The monoisotopic (exact) mass is 183 g/mol. The molecule has 1 saturated carbocycles. The molecule has 0 bridgehead atoms. The molecule has 1 unspecified atom stereocenters. The summed E-state index contributed by atoms with van der Waals surface area (Å²) in [6.07, 6.45) is 2.53. The van der Waals surface area contributed by atoms with Gasteiger partial charge < -0.3 is 5.11 Å². The highest BCUT2D eigenvalue weighted by molar-refractivity contribution is 5.71. The van der Waals surface area contributed by atoms with E-state index in [1.54, 1.807) is 0 Å². The number of carbonyl (C=O) groups is 1. The maximum atomic E-state index is 10.6. The summed E-state index contributed by atoms with van der Waals surface area (Å²) in [5.41, 5.74) is 0.420.